The Morgan fingerprint density at radius 3 is 2.56 bits per heavy atom. The first-order valence-corrected chi connectivity index (χ1v) is 4.98. The molecule has 0 unspecified atom stereocenters. The van der Waals surface area contributed by atoms with Gasteiger partial charge in [0.2, 0.25) is 0 Å². The van der Waals surface area contributed by atoms with Gasteiger partial charge in [0.05, 0.1) is 30.3 Å². The Balaban J connectivity index is 2.67. The standard InChI is InChI=1S/C11H10F3N3O/c1-18-10-6(9-8(15)5-16-17-9)3-2-4-7(10)11(12,13)14/h2-5H,15H2,1H3,(H,16,17). The van der Waals surface area contributed by atoms with Crippen LogP contribution in [0.3, 0.4) is 0 Å². The summed E-state index contributed by atoms with van der Waals surface area (Å²) in [7, 11) is 1.18. The molecule has 7 heteroatoms. The Morgan fingerprint density at radius 2 is 2.06 bits per heavy atom. The van der Waals surface area contributed by atoms with Crippen LogP contribution in [0.2, 0.25) is 0 Å². The summed E-state index contributed by atoms with van der Waals surface area (Å²) in [5.74, 6) is -0.277. The predicted molar refractivity (Wildman–Crippen MR) is 60.0 cm³/mol. The van der Waals surface area contributed by atoms with E-state index < -0.39 is 11.7 Å². The van der Waals surface area contributed by atoms with Crippen LogP contribution in [-0.4, -0.2) is 17.3 Å². The van der Waals surface area contributed by atoms with Crippen molar-refractivity contribution >= 4 is 5.69 Å². The molecule has 2 rings (SSSR count). The van der Waals surface area contributed by atoms with Crippen molar-refractivity contribution in [1.29, 1.82) is 0 Å². The minimum absolute atomic E-state index is 0.224. The number of hydrogen-bond acceptors (Lipinski definition) is 3. The van der Waals surface area contributed by atoms with Crippen LogP contribution in [0, 0.1) is 0 Å². The molecule has 0 amide bonds. The maximum Gasteiger partial charge on any atom is 0.419 e. The number of nitrogens with zero attached hydrogens (tertiary/aromatic N) is 1. The predicted octanol–water partition coefficient (Wildman–Crippen LogP) is 2.69. The Hall–Kier alpha value is -2.18. The van der Waals surface area contributed by atoms with E-state index in [1.54, 1.807) is 0 Å². The van der Waals surface area contributed by atoms with E-state index in [1.807, 2.05) is 0 Å². The van der Waals surface area contributed by atoms with Crippen molar-refractivity contribution in [2.24, 2.45) is 0 Å². The molecule has 0 atom stereocenters. The minimum Gasteiger partial charge on any atom is -0.495 e. The molecule has 3 N–H and O–H groups in total. The third kappa shape index (κ3) is 1.99. The monoisotopic (exact) mass is 257 g/mol. The number of rotatable bonds is 2. The fourth-order valence-corrected chi connectivity index (χ4v) is 1.69. The maximum absolute atomic E-state index is 12.8. The van der Waals surface area contributed by atoms with E-state index in [-0.39, 0.29) is 17.0 Å². The van der Waals surface area contributed by atoms with Gasteiger partial charge in [-0.2, -0.15) is 18.3 Å². The molecule has 0 aliphatic carbocycles. The average molecular weight is 257 g/mol. The highest BCUT2D eigenvalue weighted by atomic mass is 19.4. The number of nitrogens with one attached hydrogen (secondary N) is 1. The molecule has 0 aliphatic heterocycles. The Morgan fingerprint density at radius 1 is 1.33 bits per heavy atom. The fraction of sp³-hybridized carbons (Fsp3) is 0.182. The van der Waals surface area contributed by atoms with Gasteiger partial charge in [-0.1, -0.05) is 6.07 Å². The summed E-state index contributed by atoms with van der Waals surface area (Å²) in [4.78, 5) is 0. The van der Waals surface area contributed by atoms with Gasteiger partial charge < -0.3 is 10.5 Å². The molecule has 1 aromatic heterocycles. The Bertz CT molecular complexity index is 563. The lowest BCUT2D eigenvalue weighted by Crippen LogP contribution is -2.08. The molecule has 0 fully saturated rings. The summed E-state index contributed by atoms with van der Waals surface area (Å²) in [6.07, 6.45) is -3.16. The molecule has 2 aromatic rings. The quantitative estimate of drug-likeness (QED) is 0.869. The van der Waals surface area contributed by atoms with Gasteiger partial charge in [0, 0.05) is 5.56 Å². The number of para-hydroxylation sites is 1. The van der Waals surface area contributed by atoms with E-state index in [1.165, 1.54) is 25.4 Å². The second-order valence-corrected chi connectivity index (χ2v) is 3.58. The third-order valence-corrected chi connectivity index (χ3v) is 2.46. The van der Waals surface area contributed by atoms with Gasteiger partial charge in [-0.15, -0.1) is 0 Å². The molecular weight excluding hydrogens is 247 g/mol. The SMILES string of the molecule is COc1c(-c2[nH]ncc2N)cccc1C(F)(F)F. The van der Waals surface area contributed by atoms with E-state index in [9.17, 15) is 13.2 Å². The molecule has 18 heavy (non-hydrogen) atoms. The second-order valence-electron chi connectivity index (χ2n) is 3.58. The molecule has 0 saturated heterocycles. The highest BCUT2D eigenvalue weighted by Crippen LogP contribution is 2.42. The van der Waals surface area contributed by atoms with Crippen LogP contribution in [0.4, 0.5) is 18.9 Å². The number of aromatic nitrogens is 2. The van der Waals surface area contributed by atoms with Gasteiger partial charge in [0.25, 0.3) is 0 Å². The first-order valence-electron chi connectivity index (χ1n) is 4.98. The molecular formula is C11H10F3N3O. The number of hydrogen-bond donors (Lipinski definition) is 2. The number of nitrogens with two attached hydrogens (primary N) is 1. The second kappa shape index (κ2) is 4.25. The van der Waals surface area contributed by atoms with Crippen molar-refractivity contribution in [3.05, 3.63) is 30.0 Å². The zero-order chi connectivity index (χ0) is 13.3. The molecule has 0 radical (unpaired) electrons. The van der Waals surface area contributed by atoms with Gasteiger partial charge >= 0.3 is 6.18 Å². The first kappa shape index (κ1) is 12.3. The number of nitrogen functional groups attached to an aromatic ring is 1. The van der Waals surface area contributed by atoms with E-state index in [0.29, 0.717) is 5.69 Å². The van der Waals surface area contributed by atoms with Crippen LogP contribution in [0.5, 0.6) is 5.75 Å². The molecule has 4 nitrogen and oxygen atoms in total. The van der Waals surface area contributed by atoms with Crippen LogP contribution in [0.15, 0.2) is 24.4 Å². The number of ether oxygens (including phenoxy) is 1. The number of alkyl halides is 3. The van der Waals surface area contributed by atoms with Crippen molar-refractivity contribution < 1.29 is 17.9 Å². The third-order valence-electron chi connectivity index (χ3n) is 2.46. The molecule has 0 aliphatic rings. The smallest absolute Gasteiger partial charge is 0.419 e. The molecule has 96 valence electrons. The van der Waals surface area contributed by atoms with Crippen LogP contribution in [-0.2, 0) is 6.18 Å². The van der Waals surface area contributed by atoms with E-state index in [4.69, 9.17) is 10.5 Å². The summed E-state index contributed by atoms with van der Waals surface area (Å²) < 4.78 is 43.3. The summed E-state index contributed by atoms with van der Waals surface area (Å²) in [6, 6.07) is 3.73. The van der Waals surface area contributed by atoms with Crippen molar-refractivity contribution in [1.82, 2.24) is 10.2 Å². The Labute approximate surface area is 101 Å². The molecule has 1 heterocycles. The number of benzene rings is 1. The van der Waals surface area contributed by atoms with E-state index in [2.05, 4.69) is 10.2 Å². The first-order chi connectivity index (χ1) is 8.45. The van der Waals surface area contributed by atoms with Crippen LogP contribution in [0.1, 0.15) is 5.56 Å². The average Bonchev–Trinajstić information content (AvgIpc) is 2.73. The van der Waals surface area contributed by atoms with Crippen LogP contribution >= 0.6 is 0 Å². The fourth-order valence-electron chi connectivity index (χ4n) is 1.69. The van der Waals surface area contributed by atoms with E-state index in [0.717, 1.165) is 6.07 Å². The molecule has 0 spiro atoms. The normalized spacial score (nSPS) is 11.6. The number of methoxy groups -OCH3 is 1. The summed E-state index contributed by atoms with van der Waals surface area (Å²) >= 11 is 0. The summed E-state index contributed by atoms with van der Waals surface area (Å²) in [6.45, 7) is 0. The topological polar surface area (TPSA) is 63.9 Å². The number of aromatic amines is 1. The largest absolute Gasteiger partial charge is 0.495 e. The molecule has 1 aromatic carbocycles. The van der Waals surface area contributed by atoms with Crippen molar-refractivity contribution in [2.75, 3.05) is 12.8 Å². The van der Waals surface area contributed by atoms with Crippen LogP contribution in [0.25, 0.3) is 11.3 Å². The van der Waals surface area contributed by atoms with E-state index >= 15 is 0 Å². The number of halogens is 3. The summed E-state index contributed by atoms with van der Waals surface area (Å²) in [5.41, 5.74) is 5.56. The van der Waals surface area contributed by atoms with Crippen molar-refractivity contribution in [3.63, 3.8) is 0 Å². The lowest BCUT2D eigenvalue weighted by atomic mass is 10.0. The number of H-pyrrole nitrogens is 1. The highest BCUT2D eigenvalue weighted by Gasteiger charge is 2.35. The molecule has 0 bridgehead atoms. The zero-order valence-corrected chi connectivity index (χ0v) is 9.38. The number of anilines is 1. The van der Waals surface area contributed by atoms with Crippen LogP contribution < -0.4 is 10.5 Å². The van der Waals surface area contributed by atoms with Crippen molar-refractivity contribution in [3.8, 4) is 17.0 Å². The minimum atomic E-state index is -4.49. The lowest BCUT2D eigenvalue weighted by Gasteiger charge is -2.15. The summed E-state index contributed by atoms with van der Waals surface area (Å²) in [5, 5.41) is 6.23. The van der Waals surface area contributed by atoms with Gasteiger partial charge in [0.15, 0.2) is 0 Å². The zero-order valence-electron chi connectivity index (χ0n) is 9.38. The lowest BCUT2D eigenvalue weighted by molar-refractivity contribution is -0.138. The van der Waals surface area contributed by atoms with Gasteiger partial charge in [-0.3, -0.25) is 5.10 Å². The van der Waals surface area contributed by atoms with Crippen molar-refractivity contribution in [2.45, 2.75) is 6.18 Å². The van der Waals surface area contributed by atoms with Gasteiger partial charge in [0.1, 0.15) is 5.75 Å². The maximum atomic E-state index is 12.8. The molecule has 0 saturated carbocycles. The highest BCUT2D eigenvalue weighted by molar-refractivity contribution is 5.78. The Kier molecular flexibility index (Phi) is 2.90. The van der Waals surface area contributed by atoms with Gasteiger partial charge in [-0.25, -0.2) is 0 Å². The van der Waals surface area contributed by atoms with Gasteiger partial charge in [-0.05, 0) is 12.1 Å².